The van der Waals surface area contributed by atoms with Crippen LogP contribution < -0.4 is 10.2 Å². The molecular formula is C17H16ClN3O3. The summed E-state index contributed by atoms with van der Waals surface area (Å²) in [6, 6.07) is 12.1. The number of amides is 1. The van der Waals surface area contributed by atoms with Gasteiger partial charge in [-0.25, -0.2) is 0 Å². The lowest BCUT2D eigenvalue weighted by molar-refractivity contribution is -0.383. The topological polar surface area (TPSA) is 75.5 Å². The first kappa shape index (κ1) is 16.3. The highest BCUT2D eigenvalue weighted by Gasteiger charge is 2.21. The zero-order valence-electron chi connectivity index (χ0n) is 12.9. The molecule has 1 amide bonds. The molecular weight excluding hydrogens is 330 g/mol. The van der Waals surface area contributed by atoms with Crippen LogP contribution in [-0.2, 0) is 11.2 Å². The zero-order chi connectivity index (χ0) is 17.1. The molecule has 7 heteroatoms. The Hall–Kier alpha value is -2.60. The van der Waals surface area contributed by atoms with Crippen LogP contribution in [0, 0.1) is 10.1 Å². The van der Waals surface area contributed by atoms with Crippen LogP contribution in [0.4, 0.5) is 17.1 Å². The summed E-state index contributed by atoms with van der Waals surface area (Å²) < 4.78 is 0. The third-order valence-corrected chi connectivity index (χ3v) is 4.21. The third kappa shape index (κ3) is 3.49. The van der Waals surface area contributed by atoms with Gasteiger partial charge in [0.2, 0.25) is 5.91 Å². The van der Waals surface area contributed by atoms with Crippen molar-refractivity contribution in [2.24, 2.45) is 0 Å². The van der Waals surface area contributed by atoms with Crippen LogP contribution in [0.15, 0.2) is 42.5 Å². The second-order valence-electron chi connectivity index (χ2n) is 5.62. The Morgan fingerprint density at radius 3 is 2.88 bits per heavy atom. The van der Waals surface area contributed by atoms with E-state index in [0.717, 1.165) is 25.1 Å². The van der Waals surface area contributed by atoms with E-state index in [-0.39, 0.29) is 23.8 Å². The van der Waals surface area contributed by atoms with Gasteiger partial charge in [-0.3, -0.25) is 14.9 Å². The molecule has 0 saturated heterocycles. The first-order valence-corrected chi connectivity index (χ1v) is 7.99. The van der Waals surface area contributed by atoms with Gasteiger partial charge in [0.1, 0.15) is 5.69 Å². The van der Waals surface area contributed by atoms with Gasteiger partial charge in [-0.2, -0.15) is 0 Å². The molecule has 0 bridgehead atoms. The van der Waals surface area contributed by atoms with Gasteiger partial charge in [0, 0.05) is 23.3 Å². The number of aryl methyl sites for hydroxylation is 1. The summed E-state index contributed by atoms with van der Waals surface area (Å²) in [6.07, 6.45) is 1.97. The fraction of sp³-hybridized carbons (Fsp3) is 0.235. The van der Waals surface area contributed by atoms with Crippen molar-refractivity contribution in [3.63, 3.8) is 0 Å². The van der Waals surface area contributed by atoms with Crippen LogP contribution in [0.5, 0.6) is 0 Å². The largest absolute Gasteiger partial charge is 0.362 e. The minimum atomic E-state index is -0.540. The van der Waals surface area contributed by atoms with Crippen molar-refractivity contribution in [1.82, 2.24) is 0 Å². The van der Waals surface area contributed by atoms with Crippen LogP contribution >= 0.6 is 11.6 Å². The predicted octanol–water partition coefficient (Wildman–Crippen LogP) is 3.64. The van der Waals surface area contributed by atoms with Crippen molar-refractivity contribution in [3.8, 4) is 0 Å². The number of nitrogens with zero attached hydrogens (tertiary/aromatic N) is 2. The Labute approximate surface area is 144 Å². The number of nitro benzene ring substituents is 1. The summed E-state index contributed by atoms with van der Waals surface area (Å²) in [5, 5.41) is 14.0. The number of benzene rings is 2. The van der Waals surface area contributed by atoms with E-state index < -0.39 is 4.92 Å². The second-order valence-corrected chi connectivity index (χ2v) is 6.06. The molecule has 124 valence electrons. The average Bonchev–Trinajstić information content (AvgIpc) is 2.55. The van der Waals surface area contributed by atoms with Crippen molar-refractivity contribution in [3.05, 3.63) is 63.2 Å². The quantitative estimate of drug-likeness (QED) is 0.678. The fourth-order valence-corrected chi connectivity index (χ4v) is 3.08. The monoisotopic (exact) mass is 345 g/mol. The molecule has 1 aliphatic rings. The number of rotatable bonds is 4. The summed E-state index contributed by atoms with van der Waals surface area (Å²) in [5.41, 5.74) is 2.19. The number of hydrogen-bond acceptors (Lipinski definition) is 4. The molecule has 0 aromatic heterocycles. The van der Waals surface area contributed by atoms with E-state index in [1.807, 2.05) is 23.1 Å². The molecule has 0 unspecified atom stereocenters. The first-order chi connectivity index (χ1) is 11.5. The molecule has 0 spiro atoms. The molecule has 1 N–H and O–H groups in total. The number of fused-ring (bicyclic) bond motifs is 1. The van der Waals surface area contributed by atoms with E-state index >= 15 is 0 Å². The number of anilines is 2. The molecule has 3 rings (SSSR count). The molecule has 2 aromatic carbocycles. The minimum absolute atomic E-state index is 0.114. The molecule has 0 saturated carbocycles. The maximum absolute atomic E-state index is 12.4. The van der Waals surface area contributed by atoms with Crippen molar-refractivity contribution < 1.29 is 9.72 Å². The summed E-state index contributed by atoms with van der Waals surface area (Å²) in [6.45, 7) is 0.919. The van der Waals surface area contributed by atoms with E-state index in [1.165, 1.54) is 23.8 Å². The molecule has 2 aromatic rings. The highest BCUT2D eigenvalue weighted by atomic mass is 35.5. The van der Waals surface area contributed by atoms with Crippen molar-refractivity contribution in [1.29, 1.82) is 0 Å². The van der Waals surface area contributed by atoms with Crippen LogP contribution in [0.1, 0.15) is 12.0 Å². The standard InChI is InChI=1S/C17H16ClN3O3/c18-13-7-8-16(21(23)24)14(10-13)19-17(22)11-20-9-3-5-12-4-1-2-6-15(12)20/h1-2,4,6-8,10H,3,5,9,11H2,(H,19,22). The summed E-state index contributed by atoms with van der Waals surface area (Å²) in [7, 11) is 0. The number of nitro groups is 1. The van der Waals surface area contributed by atoms with Crippen LogP contribution in [0.25, 0.3) is 0 Å². The Morgan fingerprint density at radius 1 is 1.29 bits per heavy atom. The average molecular weight is 346 g/mol. The number of para-hydroxylation sites is 1. The molecule has 0 radical (unpaired) electrons. The number of carbonyl (C=O) groups excluding carboxylic acids is 1. The predicted molar refractivity (Wildman–Crippen MR) is 93.7 cm³/mol. The first-order valence-electron chi connectivity index (χ1n) is 7.61. The van der Waals surface area contributed by atoms with E-state index in [2.05, 4.69) is 11.4 Å². The zero-order valence-corrected chi connectivity index (χ0v) is 13.6. The second kappa shape index (κ2) is 6.88. The van der Waals surface area contributed by atoms with Crippen molar-refractivity contribution in [2.45, 2.75) is 12.8 Å². The lowest BCUT2D eigenvalue weighted by Crippen LogP contribution is -2.36. The van der Waals surface area contributed by atoms with E-state index in [9.17, 15) is 14.9 Å². The van der Waals surface area contributed by atoms with Crippen LogP contribution in [0.3, 0.4) is 0 Å². The summed E-state index contributed by atoms with van der Waals surface area (Å²) in [5.74, 6) is -0.308. The van der Waals surface area contributed by atoms with Gasteiger partial charge in [0.25, 0.3) is 5.69 Å². The molecule has 24 heavy (non-hydrogen) atoms. The van der Waals surface area contributed by atoms with E-state index in [1.54, 1.807) is 0 Å². The highest BCUT2D eigenvalue weighted by molar-refractivity contribution is 6.31. The SMILES string of the molecule is O=C(CN1CCCc2ccccc21)Nc1cc(Cl)ccc1[N+](=O)[O-]. The lowest BCUT2D eigenvalue weighted by atomic mass is 10.0. The van der Waals surface area contributed by atoms with Gasteiger partial charge in [-0.05, 0) is 36.6 Å². The number of carbonyl (C=O) groups is 1. The van der Waals surface area contributed by atoms with Gasteiger partial charge in [0.05, 0.1) is 11.5 Å². The molecule has 0 fully saturated rings. The molecule has 1 aliphatic heterocycles. The number of nitrogens with one attached hydrogen (secondary N) is 1. The van der Waals surface area contributed by atoms with Gasteiger partial charge < -0.3 is 10.2 Å². The maximum atomic E-state index is 12.4. The van der Waals surface area contributed by atoms with Crippen LogP contribution in [-0.4, -0.2) is 23.9 Å². The summed E-state index contributed by atoms with van der Waals surface area (Å²) in [4.78, 5) is 24.9. The van der Waals surface area contributed by atoms with Gasteiger partial charge >= 0.3 is 0 Å². The van der Waals surface area contributed by atoms with Gasteiger partial charge in [-0.1, -0.05) is 29.8 Å². The molecule has 6 nitrogen and oxygen atoms in total. The molecule has 0 aliphatic carbocycles. The molecule has 1 heterocycles. The van der Waals surface area contributed by atoms with E-state index in [4.69, 9.17) is 11.6 Å². The Bertz CT molecular complexity index is 794. The summed E-state index contributed by atoms with van der Waals surface area (Å²) >= 11 is 5.88. The van der Waals surface area contributed by atoms with Crippen molar-refractivity contribution in [2.75, 3.05) is 23.3 Å². The van der Waals surface area contributed by atoms with Gasteiger partial charge in [0.15, 0.2) is 0 Å². The fourth-order valence-electron chi connectivity index (χ4n) is 2.91. The molecule has 0 atom stereocenters. The van der Waals surface area contributed by atoms with E-state index in [0.29, 0.717) is 5.02 Å². The highest BCUT2D eigenvalue weighted by Crippen LogP contribution is 2.29. The minimum Gasteiger partial charge on any atom is -0.362 e. The van der Waals surface area contributed by atoms with Crippen LogP contribution in [0.2, 0.25) is 5.02 Å². The smallest absolute Gasteiger partial charge is 0.292 e. The number of hydrogen-bond donors (Lipinski definition) is 1. The Kier molecular flexibility index (Phi) is 4.66. The third-order valence-electron chi connectivity index (χ3n) is 3.97. The van der Waals surface area contributed by atoms with Gasteiger partial charge in [-0.15, -0.1) is 0 Å². The lowest BCUT2D eigenvalue weighted by Gasteiger charge is -2.30. The normalized spacial score (nSPS) is 13.3. The van der Waals surface area contributed by atoms with Crippen molar-refractivity contribution >= 4 is 34.6 Å². The maximum Gasteiger partial charge on any atom is 0.292 e. The Morgan fingerprint density at radius 2 is 2.08 bits per heavy atom. The Balaban J connectivity index is 1.76. The number of halogens is 1.